The van der Waals surface area contributed by atoms with E-state index < -0.39 is 0 Å². The predicted molar refractivity (Wildman–Crippen MR) is 83.4 cm³/mol. The second-order valence-electron chi connectivity index (χ2n) is 7.36. The van der Waals surface area contributed by atoms with Gasteiger partial charge >= 0.3 is 0 Å². The maximum absolute atomic E-state index is 14.2. The molecule has 1 N–H and O–H groups in total. The summed E-state index contributed by atoms with van der Waals surface area (Å²) in [5, 5.41) is 3.54. The predicted octanol–water partition coefficient (Wildman–Crippen LogP) is 4.73. The fourth-order valence-corrected chi connectivity index (χ4v) is 3.41. The van der Waals surface area contributed by atoms with Crippen LogP contribution in [0.15, 0.2) is 24.3 Å². The average Bonchev–Trinajstić information content (AvgIpc) is 2.37. The average molecular weight is 277 g/mol. The van der Waals surface area contributed by atoms with Gasteiger partial charge in [0.2, 0.25) is 0 Å². The Kier molecular flexibility index (Phi) is 4.85. The van der Waals surface area contributed by atoms with Crippen molar-refractivity contribution in [1.29, 1.82) is 0 Å². The minimum Gasteiger partial charge on any atom is -0.314 e. The third-order valence-electron chi connectivity index (χ3n) is 4.63. The van der Waals surface area contributed by atoms with Gasteiger partial charge in [-0.3, -0.25) is 0 Å². The Labute approximate surface area is 123 Å². The van der Waals surface area contributed by atoms with Gasteiger partial charge in [0.05, 0.1) is 0 Å². The molecule has 2 unspecified atom stereocenters. The molecule has 1 aliphatic carbocycles. The number of rotatable bonds is 4. The van der Waals surface area contributed by atoms with Gasteiger partial charge in [0.25, 0.3) is 0 Å². The third kappa shape index (κ3) is 3.82. The zero-order valence-corrected chi connectivity index (χ0v) is 13.2. The van der Waals surface area contributed by atoms with Crippen molar-refractivity contribution in [3.8, 4) is 0 Å². The molecule has 0 spiro atoms. The Morgan fingerprint density at radius 1 is 1.30 bits per heavy atom. The van der Waals surface area contributed by atoms with Gasteiger partial charge in [-0.25, -0.2) is 4.39 Å². The first-order chi connectivity index (χ1) is 9.39. The minimum absolute atomic E-state index is 0.0373. The van der Waals surface area contributed by atoms with E-state index in [4.69, 9.17) is 0 Å². The van der Waals surface area contributed by atoms with Crippen LogP contribution < -0.4 is 5.32 Å². The second kappa shape index (κ2) is 6.26. The van der Waals surface area contributed by atoms with Crippen molar-refractivity contribution >= 4 is 0 Å². The van der Waals surface area contributed by atoms with E-state index in [1.54, 1.807) is 12.1 Å². The highest BCUT2D eigenvalue weighted by Crippen LogP contribution is 2.47. The van der Waals surface area contributed by atoms with E-state index in [1.807, 2.05) is 12.1 Å². The molecule has 1 nitrogen and oxygen atoms in total. The maximum atomic E-state index is 14.2. The molecule has 0 amide bonds. The fourth-order valence-electron chi connectivity index (χ4n) is 3.41. The molecule has 112 valence electrons. The molecule has 1 aliphatic rings. The molecule has 20 heavy (non-hydrogen) atoms. The molecule has 1 fully saturated rings. The summed E-state index contributed by atoms with van der Waals surface area (Å²) < 4.78 is 14.2. The van der Waals surface area contributed by atoms with Crippen LogP contribution >= 0.6 is 0 Å². The number of nitrogens with one attached hydrogen (secondary N) is 1. The van der Waals surface area contributed by atoms with Gasteiger partial charge in [-0.15, -0.1) is 0 Å². The van der Waals surface area contributed by atoms with Crippen molar-refractivity contribution in [3.63, 3.8) is 0 Å². The van der Waals surface area contributed by atoms with Crippen LogP contribution in [-0.4, -0.2) is 12.6 Å². The lowest BCUT2D eigenvalue weighted by Crippen LogP contribution is -2.37. The summed E-state index contributed by atoms with van der Waals surface area (Å²) in [6, 6.07) is 7.82. The zero-order chi connectivity index (χ0) is 14.8. The van der Waals surface area contributed by atoms with Gasteiger partial charge in [0, 0.05) is 6.04 Å². The smallest absolute Gasteiger partial charge is 0.126 e. The van der Waals surface area contributed by atoms with E-state index in [1.165, 1.54) is 12.8 Å². The highest BCUT2D eigenvalue weighted by atomic mass is 19.1. The number of hydrogen-bond acceptors (Lipinski definition) is 1. The van der Waals surface area contributed by atoms with Crippen molar-refractivity contribution in [2.45, 2.75) is 58.9 Å². The van der Waals surface area contributed by atoms with Gasteiger partial charge in [0.15, 0.2) is 0 Å². The highest BCUT2D eigenvalue weighted by molar-refractivity contribution is 5.24. The van der Waals surface area contributed by atoms with Crippen LogP contribution in [0.3, 0.4) is 0 Å². The SMILES string of the molecule is CC(C)NCC1CCC(C)(C)CC1c1ccccc1F. The molecule has 2 atom stereocenters. The van der Waals surface area contributed by atoms with Crippen LogP contribution in [0.4, 0.5) is 4.39 Å². The van der Waals surface area contributed by atoms with Crippen LogP contribution in [0.2, 0.25) is 0 Å². The van der Waals surface area contributed by atoms with Crippen LogP contribution in [0.5, 0.6) is 0 Å². The normalized spacial score (nSPS) is 25.9. The third-order valence-corrected chi connectivity index (χ3v) is 4.63. The molecule has 1 aromatic rings. The van der Waals surface area contributed by atoms with Crippen LogP contribution in [0, 0.1) is 17.2 Å². The quantitative estimate of drug-likeness (QED) is 0.838. The molecular formula is C18H28FN. The van der Waals surface area contributed by atoms with Gasteiger partial charge in [-0.1, -0.05) is 45.9 Å². The second-order valence-corrected chi connectivity index (χ2v) is 7.36. The molecule has 1 saturated carbocycles. The number of halogens is 1. The van der Waals surface area contributed by atoms with Crippen molar-refractivity contribution in [3.05, 3.63) is 35.6 Å². The molecule has 0 aliphatic heterocycles. The summed E-state index contributed by atoms with van der Waals surface area (Å²) in [4.78, 5) is 0. The summed E-state index contributed by atoms with van der Waals surface area (Å²) in [5.41, 5.74) is 1.23. The monoisotopic (exact) mass is 277 g/mol. The lowest BCUT2D eigenvalue weighted by Gasteiger charge is -2.41. The van der Waals surface area contributed by atoms with Gasteiger partial charge in [-0.2, -0.15) is 0 Å². The molecule has 0 saturated heterocycles. The van der Waals surface area contributed by atoms with E-state index in [2.05, 4.69) is 33.0 Å². The molecule has 1 aromatic carbocycles. The Morgan fingerprint density at radius 3 is 2.65 bits per heavy atom. The first kappa shape index (κ1) is 15.5. The largest absolute Gasteiger partial charge is 0.314 e. The van der Waals surface area contributed by atoms with Crippen molar-refractivity contribution in [1.82, 2.24) is 5.32 Å². The van der Waals surface area contributed by atoms with Crippen LogP contribution in [-0.2, 0) is 0 Å². The van der Waals surface area contributed by atoms with Crippen molar-refractivity contribution in [2.24, 2.45) is 11.3 Å². The Balaban J connectivity index is 2.20. The molecule has 0 heterocycles. The Hall–Kier alpha value is -0.890. The molecule has 2 rings (SSSR count). The number of hydrogen-bond donors (Lipinski definition) is 1. The van der Waals surface area contributed by atoms with Gasteiger partial charge in [-0.05, 0) is 54.7 Å². The maximum Gasteiger partial charge on any atom is 0.126 e. The Bertz CT molecular complexity index is 437. The van der Waals surface area contributed by atoms with Gasteiger partial charge < -0.3 is 5.32 Å². The topological polar surface area (TPSA) is 12.0 Å². The van der Waals surface area contributed by atoms with Crippen molar-refractivity contribution < 1.29 is 4.39 Å². The summed E-state index contributed by atoms with van der Waals surface area (Å²) >= 11 is 0. The van der Waals surface area contributed by atoms with Gasteiger partial charge in [0.1, 0.15) is 5.82 Å². The summed E-state index contributed by atoms with van der Waals surface area (Å²) in [6.07, 6.45) is 3.51. The lowest BCUT2D eigenvalue weighted by molar-refractivity contribution is 0.156. The summed E-state index contributed by atoms with van der Waals surface area (Å²) in [6.45, 7) is 9.96. The van der Waals surface area contributed by atoms with E-state index in [0.29, 0.717) is 23.3 Å². The molecule has 0 aromatic heterocycles. The van der Waals surface area contributed by atoms with E-state index >= 15 is 0 Å². The first-order valence-corrected chi connectivity index (χ1v) is 7.87. The highest BCUT2D eigenvalue weighted by Gasteiger charge is 2.36. The molecule has 0 radical (unpaired) electrons. The van der Waals surface area contributed by atoms with Crippen LogP contribution in [0.1, 0.15) is 58.4 Å². The summed E-state index contributed by atoms with van der Waals surface area (Å²) in [7, 11) is 0. The van der Waals surface area contributed by atoms with E-state index in [-0.39, 0.29) is 5.82 Å². The fraction of sp³-hybridized carbons (Fsp3) is 0.667. The first-order valence-electron chi connectivity index (χ1n) is 7.87. The summed E-state index contributed by atoms with van der Waals surface area (Å²) in [5.74, 6) is 0.846. The minimum atomic E-state index is -0.0373. The van der Waals surface area contributed by atoms with Crippen molar-refractivity contribution in [2.75, 3.05) is 6.54 Å². The molecule has 2 heteroatoms. The van der Waals surface area contributed by atoms with E-state index in [0.717, 1.165) is 18.5 Å². The van der Waals surface area contributed by atoms with Crippen LogP contribution in [0.25, 0.3) is 0 Å². The Morgan fingerprint density at radius 2 is 2.00 bits per heavy atom. The lowest BCUT2D eigenvalue weighted by atomic mass is 9.65. The molecular weight excluding hydrogens is 249 g/mol. The number of benzene rings is 1. The van der Waals surface area contributed by atoms with E-state index in [9.17, 15) is 4.39 Å². The zero-order valence-electron chi connectivity index (χ0n) is 13.2. The standard InChI is InChI=1S/C18H28FN/c1-13(2)20-12-14-9-10-18(3,4)11-16(14)15-7-5-6-8-17(15)19/h5-8,13-14,16,20H,9-12H2,1-4H3. The molecule has 0 bridgehead atoms.